The molecule has 0 radical (unpaired) electrons. The predicted molar refractivity (Wildman–Crippen MR) is 125 cm³/mol. The van der Waals surface area contributed by atoms with Crippen LogP contribution in [0.3, 0.4) is 0 Å². The largest absolute Gasteiger partial charge is 0.347 e. The van der Waals surface area contributed by atoms with Gasteiger partial charge in [-0.3, -0.25) is 9.89 Å². The highest BCUT2D eigenvalue weighted by Crippen LogP contribution is 2.26. The lowest BCUT2D eigenvalue weighted by Gasteiger charge is -2.09. The molecule has 2 aromatic carbocycles. The number of aromatic nitrogens is 4. The van der Waals surface area contributed by atoms with Crippen LogP contribution < -0.4 is 10.6 Å². The quantitative estimate of drug-likeness (QED) is 0.350. The minimum absolute atomic E-state index is 0.0478. The summed E-state index contributed by atoms with van der Waals surface area (Å²) in [6.07, 6.45) is 7.02. The van der Waals surface area contributed by atoms with E-state index < -0.39 is 12.0 Å². The molecule has 0 spiro atoms. The summed E-state index contributed by atoms with van der Waals surface area (Å²) in [6, 6.07) is 14.3. The van der Waals surface area contributed by atoms with Crippen molar-refractivity contribution in [3.05, 3.63) is 84.6 Å². The lowest BCUT2D eigenvalue weighted by molar-refractivity contribution is -0.116. The maximum atomic E-state index is 14.4. The summed E-state index contributed by atoms with van der Waals surface area (Å²) < 4.78 is 27.3. The van der Waals surface area contributed by atoms with E-state index >= 15 is 0 Å². The number of benzene rings is 2. The summed E-state index contributed by atoms with van der Waals surface area (Å²) in [5.74, 6) is -0.552. The zero-order chi connectivity index (χ0) is 23.5. The molecule has 1 saturated carbocycles. The highest BCUT2D eigenvalue weighted by molar-refractivity contribution is 5.92. The fraction of sp³-hybridized carbons (Fsp3) is 0.120. The number of hydrogen-bond acceptors (Lipinski definition) is 5. The Balaban J connectivity index is 1.31. The SMILES string of the molecule is O=C(/C=C/c1cccc(-c2ncc(F)c(Nc3ccc(-c4cn[nH]c4)cc3)n2)c1)NC1CC1F. The van der Waals surface area contributed by atoms with Crippen molar-refractivity contribution in [3.63, 3.8) is 0 Å². The van der Waals surface area contributed by atoms with Gasteiger partial charge < -0.3 is 10.6 Å². The first kappa shape index (κ1) is 21.4. The van der Waals surface area contributed by atoms with Crippen LogP contribution in [-0.2, 0) is 4.79 Å². The molecule has 9 heteroatoms. The van der Waals surface area contributed by atoms with Crippen LogP contribution in [0.1, 0.15) is 12.0 Å². The first-order valence-electron chi connectivity index (χ1n) is 10.7. The van der Waals surface area contributed by atoms with Gasteiger partial charge in [-0.25, -0.2) is 18.7 Å². The number of halogens is 2. The maximum absolute atomic E-state index is 14.4. The molecule has 5 rings (SSSR count). The zero-order valence-corrected chi connectivity index (χ0v) is 17.9. The number of aromatic amines is 1. The van der Waals surface area contributed by atoms with E-state index in [1.165, 1.54) is 6.08 Å². The molecule has 2 aromatic heterocycles. The second-order valence-electron chi connectivity index (χ2n) is 7.91. The highest BCUT2D eigenvalue weighted by Gasteiger charge is 2.38. The Hall–Kier alpha value is -4.40. The van der Waals surface area contributed by atoms with Crippen molar-refractivity contribution in [1.82, 2.24) is 25.5 Å². The summed E-state index contributed by atoms with van der Waals surface area (Å²) in [5.41, 5.74) is 3.99. The molecule has 34 heavy (non-hydrogen) atoms. The Morgan fingerprint density at radius 3 is 2.65 bits per heavy atom. The molecule has 2 unspecified atom stereocenters. The molecule has 0 saturated heterocycles. The van der Waals surface area contributed by atoms with Gasteiger partial charge >= 0.3 is 0 Å². The molecular formula is C25H20F2N6O. The highest BCUT2D eigenvalue weighted by atomic mass is 19.1. The number of nitrogens with zero attached hydrogens (tertiary/aromatic N) is 3. The van der Waals surface area contributed by atoms with Crippen molar-refractivity contribution in [2.24, 2.45) is 0 Å². The van der Waals surface area contributed by atoms with E-state index in [1.54, 1.807) is 36.7 Å². The number of rotatable bonds is 7. The van der Waals surface area contributed by atoms with E-state index in [4.69, 9.17) is 0 Å². The van der Waals surface area contributed by atoms with E-state index in [0.29, 0.717) is 23.5 Å². The van der Waals surface area contributed by atoms with Crippen molar-refractivity contribution in [2.45, 2.75) is 18.6 Å². The normalized spacial score (nSPS) is 17.0. The first-order valence-corrected chi connectivity index (χ1v) is 10.7. The standard InChI is InChI=1S/C25H20F2N6O/c26-20-11-22(20)32-23(34)9-4-15-2-1-3-17(10-15)24-28-14-21(27)25(33-24)31-19-7-5-16(6-8-19)18-12-29-30-13-18/h1-10,12-14,20,22H,11H2,(H,29,30)(H,32,34)(H,28,31,33)/b9-4+. The Bertz CT molecular complexity index is 1340. The molecule has 2 atom stereocenters. The Kier molecular flexibility index (Phi) is 5.82. The van der Waals surface area contributed by atoms with Crippen LogP contribution in [0.15, 0.2) is 73.2 Å². The number of alkyl halides is 1. The van der Waals surface area contributed by atoms with Crippen molar-refractivity contribution >= 4 is 23.5 Å². The third-order valence-corrected chi connectivity index (χ3v) is 5.34. The first-order chi connectivity index (χ1) is 16.5. The Labute approximate surface area is 194 Å². The van der Waals surface area contributed by atoms with Crippen molar-refractivity contribution in [3.8, 4) is 22.5 Å². The number of H-pyrrole nitrogens is 1. The van der Waals surface area contributed by atoms with Gasteiger partial charge in [0.15, 0.2) is 17.5 Å². The van der Waals surface area contributed by atoms with Crippen molar-refractivity contribution in [1.29, 1.82) is 0 Å². The van der Waals surface area contributed by atoms with Gasteiger partial charge in [0.05, 0.1) is 18.4 Å². The third-order valence-electron chi connectivity index (χ3n) is 5.34. The molecule has 0 bridgehead atoms. The van der Waals surface area contributed by atoms with E-state index in [-0.39, 0.29) is 17.8 Å². The molecule has 3 N–H and O–H groups in total. The van der Waals surface area contributed by atoms with Gasteiger partial charge in [0, 0.05) is 35.5 Å². The van der Waals surface area contributed by atoms with E-state index in [0.717, 1.165) is 22.9 Å². The molecular weight excluding hydrogens is 438 g/mol. The van der Waals surface area contributed by atoms with Crippen LogP contribution in [-0.4, -0.2) is 38.3 Å². The van der Waals surface area contributed by atoms with Gasteiger partial charge in [-0.15, -0.1) is 0 Å². The second kappa shape index (κ2) is 9.22. The van der Waals surface area contributed by atoms with Gasteiger partial charge in [-0.1, -0.05) is 30.3 Å². The fourth-order valence-corrected chi connectivity index (χ4v) is 3.38. The summed E-state index contributed by atoms with van der Waals surface area (Å²) in [5, 5.41) is 12.3. The van der Waals surface area contributed by atoms with Crippen LogP contribution >= 0.6 is 0 Å². The summed E-state index contributed by atoms with van der Waals surface area (Å²) >= 11 is 0. The Morgan fingerprint density at radius 1 is 1.09 bits per heavy atom. The van der Waals surface area contributed by atoms with Crippen molar-refractivity contribution < 1.29 is 13.6 Å². The zero-order valence-electron chi connectivity index (χ0n) is 17.9. The number of nitrogens with one attached hydrogen (secondary N) is 3. The van der Waals surface area contributed by atoms with Crippen molar-refractivity contribution in [2.75, 3.05) is 5.32 Å². The van der Waals surface area contributed by atoms with Gasteiger partial charge in [-0.05, 0) is 35.4 Å². The number of carbonyl (C=O) groups excluding carboxylic acids is 1. The number of anilines is 2. The molecule has 1 amide bonds. The molecule has 0 aliphatic heterocycles. The van der Waals surface area contributed by atoms with Crippen LogP contribution in [0.25, 0.3) is 28.6 Å². The third kappa shape index (κ3) is 4.98. The topological polar surface area (TPSA) is 95.6 Å². The average Bonchev–Trinajstić information content (AvgIpc) is 3.29. The lowest BCUT2D eigenvalue weighted by atomic mass is 10.1. The van der Waals surface area contributed by atoms with E-state index in [9.17, 15) is 13.6 Å². The molecule has 170 valence electrons. The van der Waals surface area contributed by atoms with E-state index in [1.807, 2.05) is 30.3 Å². The van der Waals surface area contributed by atoms with Gasteiger partial charge in [0.1, 0.15) is 6.17 Å². The predicted octanol–water partition coefficient (Wildman–Crippen LogP) is 4.66. The minimum Gasteiger partial charge on any atom is -0.347 e. The van der Waals surface area contributed by atoms with Crippen LogP contribution in [0.5, 0.6) is 0 Å². The lowest BCUT2D eigenvalue weighted by Crippen LogP contribution is -2.24. The van der Waals surface area contributed by atoms with Gasteiger partial charge in [0.25, 0.3) is 0 Å². The number of amides is 1. The average molecular weight is 458 g/mol. The second-order valence-corrected chi connectivity index (χ2v) is 7.91. The minimum atomic E-state index is -0.950. The van der Waals surface area contributed by atoms with Crippen LogP contribution in [0, 0.1) is 5.82 Å². The van der Waals surface area contributed by atoms with Crippen LogP contribution in [0.2, 0.25) is 0 Å². The number of hydrogen-bond donors (Lipinski definition) is 3. The Morgan fingerprint density at radius 2 is 1.91 bits per heavy atom. The maximum Gasteiger partial charge on any atom is 0.244 e. The fourth-order valence-electron chi connectivity index (χ4n) is 3.38. The molecule has 1 fully saturated rings. The van der Waals surface area contributed by atoms with Gasteiger partial charge in [0.2, 0.25) is 5.91 Å². The molecule has 1 aliphatic carbocycles. The smallest absolute Gasteiger partial charge is 0.244 e. The molecule has 2 heterocycles. The summed E-state index contributed by atoms with van der Waals surface area (Å²) in [4.78, 5) is 20.3. The van der Waals surface area contributed by atoms with Crippen LogP contribution in [0.4, 0.5) is 20.3 Å². The molecule has 7 nitrogen and oxygen atoms in total. The van der Waals surface area contributed by atoms with Gasteiger partial charge in [-0.2, -0.15) is 5.10 Å². The molecule has 1 aliphatic rings. The monoisotopic (exact) mass is 458 g/mol. The summed E-state index contributed by atoms with van der Waals surface area (Å²) in [6.45, 7) is 0. The molecule has 4 aromatic rings. The summed E-state index contributed by atoms with van der Waals surface area (Å²) in [7, 11) is 0. The van der Waals surface area contributed by atoms with E-state index in [2.05, 4.69) is 30.8 Å². The number of carbonyl (C=O) groups is 1.